The van der Waals surface area contributed by atoms with E-state index in [2.05, 4.69) is 35.9 Å². The molecule has 1 fully saturated rings. The van der Waals surface area contributed by atoms with Crippen LogP contribution in [-0.2, 0) is 0 Å². The van der Waals surface area contributed by atoms with E-state index in [0.717, 1.165) is 12.3 Å². The third kappa shape index (κ3) is 4.03. The van der Waals surface area contributed by atoms with Crippen molar-refractivity contribution in [3.8, 4) is 0 Å². The SMILES string of the molecule is C=C(CS)CN1CCN(CCC)CC1. The summed E-state index contributed by atoms with van der Waals surface area (Å²) in [5.41, 5.74) is 1.23. The van der Waals surface area contributed by atoms with Gasteiger partial charge in [-0.3, -0.25) is 4.90 Å². The van der Waals surface area contributed by atoms with Crippen LogP contribution in [0.1, 0.15) is 13.3 Å². The van der Waals surface area contributed by atoms with Gasteiger partial charge in [0.1, 0.15) is 0 Å². The highest BCUT2D eigenvalue weighted by molar-refractivity contribution is 7.80. The summed E-state index contributed by atoms with van der Waals surface area (Å²) in [6.45, 7) is 13.3. The van der Waals surface area contributed by atoms with Crippen LogP contribution < -0.4 is 0 Å². The van der Waals surface area contributed by atoms with Crippen molar-refractivity contribution in [2.75, 3.05) is 45.0 Å². The Morgan fingerprint density at radius 3 is 2.29 bits per heavy atom. The first kappa shape index (κ1) is 12.1. The van der Waals surface area contributed by atoms with E-state index in [1.54, 1.807) is 0 Å². The normalized spacial score (nSPS) is 19.9. The molecule has 1 heterocycles. The second-order valence-corrected chi connectivity index (χ2v) is 4.34. The molecule has 0 bridgehead atoms. The number of thiol groups is 1. The number of nitrogens with zero attached hydrogens (tertiary/aromatic N) is 2. The third-order valence-corrected chi connectivity index (χ3v) is 3.12. The van der Waals surface area contributed by atoms with Gasteiger partial charge in [0.05, 0.1) is 0 Å². The molecule has 14 heavy (non-hydrogen) atoms. The minimum Gasteiger partial charge on any atom is -0.301 e. The molecule has 82 valence electrons. The van der Waals surface area contributed by atoms with Crippen molar-refractivity contribution in [1.82, 2.24) is 9.80 Å². The fraction of sp³-hybridized carbons (Fsp3) is 0.818. The molecule has 3 heteroatoms. The molecule has 2 nitrogen and oxygen atoms in total. The minimum absolute atomic E-state index is 0.815. The smallest absolute Gasteiger partial charge is 0.0199 e. The van der Waals surface area contributed by atoms with Crippen LogP contribution in [-0.4, -0.2) is 54.8 Å². The van der Waals surface area contributed by atoms with Crippen LogP contribution in [0.4, 0.5) is 0 Å². The zero-order valence-corrected chi connectivity index (χ0v) is 10.1. The van der Waals surface area contributed by atoms with Gasteiger partial charge in [0, 0.05) is 38.5 Å². The molecular formula is C11H22N2S. The Morgan fingerprint density at radius 1 is 1.21 bits per heavy atom. The van der Waals surface area contributed by atoms with Crippen LogP contribution >= 0.6 is 12.6 Å². The molecule has 0 aromatic carbocycles. The lowest BCUT2D eigenvalue weighted by molar-refractivity contribution is 0.141. The van der Waals surface area contributed by atoms with Crippen LogP contribution in [0.3, 0.4) is 0 Å². The van der Waals surface area contributed by atoms with Gasteiger partial charge in [-0.25, -0.2) is 0 Å². The lowest BCUT2D eigenvalue weighted by Crippen LogP contribution is -2.46. The van der Waals surface area contributed by atoms with Gasteiger partial charge in [-0.1, -0.05) is 19.1 Å². The Hall–Kier alpha value is 0.01000. The molecule has 0 aliphatic carbocycles. The average molecular weight is 214 g/mol. The average Bonchev–Trinajstić information content (AvgIpc) is 2.21. The van der Waals surface area contributed by atoms with Crippen LogP contribution in [0.15, 0.2) is 12.2 Å². The molecule has 0 spiro atoms. The van der Waals surface area contributed by atoms with E-state index in [0.29, 0.717) is 0 Å². The molecule has 0 N–H and O–H groups in total. The minimum atomic E-state index is 0.815. The topological polar surface area (TPSA) is 6.48 Å². The summed E-state index contributed by atoms with van der Waals surface area (Å²) < 4.78 is 0. The van der Waals surface area contributed by atoms with Crippen LogP contribution in [0, 0.1) is 0 Å². The predicted molar refractivity (Wildman–Crippen MR) is 66.2 cm³/mol. The molecule has 0 amide bonds. The van der Waals surface area contributed by atoms with Crippen LogP contribution in [0.25, 0.3) is 0 Å². The van der Waals surface area contributed by atoms with Gasteiger partial charge in [0.15, 0.2) is 0 Å². The maximum absolute atomic E-state index is 4.23. The predicted octanol–water partition coefficient (Wildman–Crippen LogP) is 1.50. The van der Waals surface area contributed by atoms with Crippen LogP contribution in [0.5, 0.6) is 0 Å². The lowest BCUT2D eigenvalue weighted by atomic mass is 10.2. The molecule has 0 aromatic rings. The number of piperazine rings is 1. The molecule has 0 saturated carbocycles. The van der Waals surface area contributed by atoms with E-state index in [4.69, 9.17) is 0 Å². The quantitative estimate of drug-likeness (QED) is 0.547. The summed E-state index contributed by atoms with van der Waals surface area (Å²) in [6, 6.07) is 0. The number of rotatable bonds is 5. The second kappa shape index (κ2) is 6.49. The zero-order valence-electron chi connectivity index (χ0n) is 9.21. The Morgan fingerprint density at radius 2 is 1.79 bits per heavy atom. The van der Waals surface area contributed by atoms with Gasteiger partial charge >= 0.3 is 0 Å². The van der Waals surface area contributed by atoms with E-state index in [-0.39, 0.29) is 0 Å². The highest BCUT2D eigenvalue weighted by Gasteiger charge is 2.15. The van der Waals surface area contributed by atoms with Gasteiger partial charge in [-0.15, -0.1) is 0 Å². The first-order valence-corrected chi connectivity index (χ1v) is 6.11. The lowest BCUT2D eigenvalue weighted by Gasteiger charge is -2.34. The third-order valence-electron chi connectivity index (χ3n) is 2.68. The van der Waals surface area contributed by atoms with E-state index >= 15 is 0 Å². The standard InChI is InChI=1S/C11H22N2S/c1-3-4-12-5-7-13(8-6-12)9-11(2)10-14/h14H,2-10H2,1H3. The van der Waals surface area contributed by atoms with Crippen molar-refractivity contribution >= 4 is 12.6 Å². The second-order valence-electron chi connectivity index (χ2n) is 4.03. The molecule has 0 radical (unpaired) electrons. The fourth-order valence-electron chi connectivity index (χ4n) is 1.85. The van der Waals surface area contributed by atoms with Crippen molar-refractivity contribution in [1.29, 1.82) is 0 Å². The highest BCUT2D eigenvalue weighted by Crippen LogP contribution is 2.05. The Labute approximate surface area is 93.4 Å². The first-order valence-electron chi connectivity index (χ1n) is 5.48. The van der Waals surface area contributed by atoms with Crippen LogP contribution in [0.2, 0.25) is 0 Å². The Balaban J connectivity index is 2.18. The summed E-state index contributed by atoms with van der Waals surface area (Å²) in [5.74, 6) is 0.815. The largest absolute Gasteiger partial charge is 0.301 e. The molecule has 1 aliphatic heterocycles. The Bertz CT molecular complexity index is 174. The van der Waals surface area contributed by atoms with Gasteiger partial charge in [0.2, 0.25) is 0 Å². The van der Waals surface area contributed by atoms with Gasteiger partial charge < -0.3 is 4.90 Å². The summed E-state index contributed by atoms with van der Waals surface area (Å²) in [5, 5.41) is 0. The number of hydrogen-bond donors (Lipinski definition) is 1. The molecule has 0 aromatic heterocycles. The first-order chi connectivity index (χ1) is 6.76. The van der Waals surface area contributed by atoms with E-state index in [1.165, 1.54) is 44.7 Å². The zero-order chi connectivity index (χ0) is 10.4. The monoisotopic (exact) mass is 214 g/mol. The molecule has 1 rings (SSSR count). The fourth-order valence-corrected chi connectivity index (χ4v) is 1.95. The molecule has 0 atom stereocenters. The molecule has 0 unspecified atom stereocenters. The molecule has 1 saturated heterocycles. The summed E-state index contributed by atoms with van der Waals surface area (Å²) in [4.78, 5) is 5.02. The van der Waals surface area contributed by atoms with Gasteiger partial charge in [0.25, 0.3) is 0 Å². The van der Waals surface area contributed by atoms with E-state index in [9.17, 15) is 0 Å². The number of hydrogen-bond acceptors (Lipinski definition) is 3. The summed E-state index contributed by atoms with van der Waals surface area (Å²) >= 11 is 4.23. The maximum atomic E-state index is 4.23. The Kier molecular flexibility index (Phi) is 5.60. The van der Waals surface area contributed by atoms with Crippen molar-refractivity contribution in [3.63, 3.8) is 0 Å². The van der Waals surface area contributed by atoms with Crippen molar-refractivity contribution in [3.05, 3.63) is 12.2 Å². The van der Waals surface area contributed by atoms with Gasteiger partial charge in [-0.05, 0) is 13.0 Å². The van der Waals surface area contributed by atoms with Crippen molar-refractivity contribution in [2.45, 2.75) is 13.3 Å². The summed E-state index contributed by atoms with van der Waals surface area (Å²) in [6.07, 6.45) is 1.27. The van der Waals surface area contributed by atoms with Crippen molar-refractivity contribution in [2.24, 2.45) is 0 Å². The molecule has 1 aliphatic rings. The van der Waals surface area contributed by atoms with E-state index < -0.39 is 0 Å². The van der Waals surface area contributed by atoms with E-state index in [1.807, 2.05) is 0 Å². The summed E-state index contributed by atoms with van der Waals surface area (Å²) in [7, 11) is 0. The van der Waals surface area contributed by atoms with Gasteiger partial charge in [-0.2, -0.15) is 12.6 Å². The maximum Gasteiger partial charge on any atom is 0.0199 e. The molecular weight excluding hydrogens is 192 g/mol. The van der Waals surface area contributed by atoms with Crippen molar-refractivity contribution < 1.29 is 0 Å². The highest BCUT2D eigenvalue weighted by atomic mass is 32.1.